The molecule has 1 amide bonds. The van der Waals surface area contributed by atoms with E-state index in [-0.39, 0.29) is 5.91 Å². The summed E-state index contributed by atoms with van der Waals surface area (Å²) < 4.78 is 0. The molecule has 1 fully saturated rings. The van der Waals surface area contributed by atoms with E-state index in [2.05, 4.69) is 33.9 Å². The number of aryl methyl sites for hydroxylation is 1. The molecule has 2 aromatic heterocycles. The summed E-state index contributed by atoms with van der Waals surface area (Å²) in [6.07, 6.45) is 7.15. The third kappa shape index (κ3) is 3.29. The van der Waals surface area contributed by atoms with Crippen molar-refractivity contribution in [1.29, 1.82) is 0 Å². The topological polar surface area (TPSA) is 52.2 Å². The summed E-state index contributed by atoms with van der Waals surface area (Å²) >= 11 is 0. The molecule has 0 bridgehead atoms. The smallest absolute Gasteiger partial charge is 0.227 e. The van der Waals surface area contributed by atoms with E-state index >= 15 is 0 Å². The van der Waals surface area contributed by atoms with Gasteiger partial charge in [-0.05, 0) is 36.6 Å². The Labute approximate surface area is 153 Å². The molecule has 0 radical (unpaired) electrons. The molecule has 0 saturated carbocycles. The monoisotopic (exact) mass is 348 g/mol. The van der Waals surface area contributed by atoms with Gasteiger partial charge in [0.1, 0.15) is 0 Å². The Morgan fingerprint density at radius 2 is 2.04 bits per heavy atom. The summed E-state index contributed by atoms with van der Waals surface area (Å²) in [5.74, 6) is 0.211. The largest absolute Gasteiger partial charge is 0.369 e. The van der Waals surface area contributed by atoms with Gasteiger partial charge < -0.3 is 14.8 Å². The van der Waals surface area contributed by atoms with Gasteiger partial charge in [0.25, 0.3) is 0 Å². The standard InChI is InChI=1S/C21H24N4O/c1-16-14-22-8-7-20(16)24-9-4-10-25(12-11-24)21(26)13-17-15-23-19-6-3-2-5-18(17)19/h2-3,5-8,14-15,23H,4,9-13H2,1H3. The number of pyridine rings is 1. The number of hydrogen-bond donors (Lipinski definition) is 1. The van der Waals surface area contributed by atoms with Gasteiger partial charge in [-0.2, -0.15) is 0 Å². The first kappa shape index (κ1) is 16.6. The van der Waals surface area contributed by atoms with Gasteiger partial charge >= 0.3 is 0 Å². The number of carbonyl (C=O) groups is 1. The molecule has 1 aromatic carbocycles. The van der Waals surface area contributed by atoms with E-state index in [1.165, 1.54) is 11.3 Å². The quantitative estimate of drug-likeness (QED) is 0.791. The molecule has 1 saturated heterocycles. The van der Waals surface area contributed by atoms with Crippen molar-refractivity contribution in [3.63, 3.8) is 0 Å². The third-order valence-electron chi connectivity index (χ3n) is 5.20. The Hall–Kier alpha value is -2.82. The molecule has 3 aromatic rings. The molecular weight excluding hydrogens is 324 g/mol. The second-order valence-electron chi connectivity index (χ2n) is 6.92. The number of benzene rings is 1. The lowest BCUT2D eigenvalue weighted by molar-refractivity contribution is -0.130. The number of nitrogens with zero attached hydrogens (tertiary/aromatic N) is 3. The van der Waals surface area contributed by atoms with Gasteiger partial charge in [-0.15, -0.1) is 0 Å². The fourth-order valence-electron chi connectivity index (χ4n) is 3.78. The van der Waals surface area contributed by atoms with Gasteiger partial charge in [0.2, 0.25) is 5.91 Å². The van der Waals surface area contributed by atoms with E-state index in [4.69, 9.17) is 0 Å². The van der Waals surface area contributed by atoms with E-state index in [0.717, 1.165) is 49.1 Å². The van der Waals surface area contributed by atoms with Crippen LogP contribution in [0.1, 0.15) is 17.5 Å². The van der Waals surface area contributed by atoms with Gasteiger partial charge in [-0.1, -0.05) is 18.2 Å². The highest BCUT2D eigenvalue weighted by Crippen LogP contribution is 2.21. The van der Waals surface area contributed by atoms with Crippen LogP contribution in [-0.4, -0.2) is 47.0 Å². The Kier molecular flexibility index (Phi) is 4.61. The van der Waals surface area contributed by atoms with Gasteiger partial charge in [-0.25, -0.2) is 0 Å². The van der Waals surface area contributed by atoms with Crippen LogP contribution in [-0.2, 0) is 11.2 Å². The summed E-state index contributed by atoms with van der Waals surface area (Å²) in [5, 5.41) is 1.14. The molecule has 0 aliphatic carbocycles. The number of H-pyrrole nitrogens is 1. The number of amides is 1. The SMILES string of the molecule is Cc1cnccc1N1CCCN(C(=O)Cc2c[nH]c3ccccc23)CC1. The summed E-state index contributed by atoms with van der Waals surface area (Å²) in [6, 6.07) is 10.2. The number of fused-ring (bicyclic) bond motifs is 1. The Morgan fingerprint density at radius 1 is 1.15 bits per heavy atom. The molecule has 4 rings (SSSR count). The lowest BCUT2D eigenvalue weighted by atomic mass is 10.1. The normalized spacial score (nSPS) is 15.3. The molecule has 26 heavy (non-hydrogen) atoms. The van der Waals surface area contributed by atoms with Crippen molar-refractivity contribution in [3.8, 4) is 0 Å². The maximum Gasteiger partial charge on any atom is 0.227 e. The zero-order valence-electron chi connectivity index (χ0n) is 15.1. The van der Waals surface area contributed by atoms with E-state index < -0.39 is 0 Å². The number of rotatable bonds is 3. The van der Waals surface area contributed by atoms with Crippen molar-refractivity contribution in [2.45, 2.75) is 19.8 Å². The molecule has 1 aliphatic rings. The molecule has 3 heterocycles. The first-order chi connectivity index (χ1) is 12.7. The zero-order valence-corrected chi connectivity index (χ0v) is 15.1. The Balaban J connectivity index is 1.44. The predicted molar refractivity (Wildman–Crippen MR) is 104 cm³/mol. The Morgan fingerprint density at radius 3 is 2.92 bits per heavy atom. The number of nitrogens with one attached hydrogen (secondary N) is 1. The van der Waals surface area contributed by atoms with Crippen LogP contribution >= 0.6 is 0 Å². The zero-order chi connectivity index (χ0) is 17.9. The van der Waals surface area contributed by atoms with Crippen LogP contribution in [0.25, 0.3) is 10.9 Å². The second kappa shape index (κ2) is 7.20. The second-order valence-corrected chi connectivity index (χ2v) is 6.92. The minimum absolute atomic E-state index is 0.211. The molecule has 1 aliphatic heterocycles. The van der Waals surface area contributed by atoms with Gasteiger partial charge in [0.15, 0.2) is 0 Å². The van der Waals surface area contributed by atoms with Crippen LogP contribution in [0.4, 0.5) is 5.69 Å². The number of carbonyl (C=O) groups excluding carboxylic acids is 1. The highest BCUT2D eigenvalue weighted by molar-refractivity contribution is 5.88. The molecule has 0 atom stereocenters. The predicted octanol–water partition coefficient (Wildman–Crippen LogP) is 3.15. The maximum atomic E-state index is 12.9. The minimum Gasteiger partial charge on any atom is -0.369 e. The van der Waals surface area contributed by atoms with Gasteiger partial charge in [0, 0.05) is 61.4 Å². The molecule has 5 heteroatoms. The van der Waals surface area contributed by atoms with E-state index in [1.54, 1.807) is 0 Å². The molecule has 5 nitrogen and oxygen atoms in total. The van der Waals surface area contributed by atoms with Crippen molar-refractivity contribution in [2.24, 2.45) is 0 Å². The van der Waals surface area contributed by atoms with Crippen LogP contribution in [0.5, 0.6) is 0 Å². The number of aromatic amines is 1. The van der Waals surface area contributed by atoms with Crippen LogP contribution in [0.15, 0.2) is 48.9 Å². The van der Waals surface area contributed by atoms with Crippen molar-refractivity contribution >= 4 is 22.5 Å². The lowest BCUT2D eigenvalue weighted by Crippen LogP contribution is -2.36. The fraction of sp³-hybridized carbons (Fsp3) is 0.333. The average molecular weight is 348 g/mol. The van der Waals surface area contributed by atoms with Crippen LogP contribution in [0.3, 0.4) is 0 Å². The summed E-state index contributed by atoms with van der Waals surface area (Å²) in [7, 11) is 0. The summed E-state index contributed by atoms with van der Waals surface area (Å²) in [4.78, 5) is 24.7. The highest BCUT2D eigenvalue weighted by atomic mass is 16.2. The molecule has 1 N–H and O–H groups in total. The van der Waals surface area contributed by atoms with E-state index in [1.807, 2.05) is 41.7 Å². The van der Waals surface area contributed by atoms with Gasteiger partial charge in [0.05, 0.1) is 6.42 Å². The first-order valence-electron chi connectivity index (χ1n) is 9.21. The number of anilines is 1. The summed E-state index contributed by atoms with van der Waals surface area (Å²) in [6.45, 7) is 5.52. The molecule has 0 unspecified atom stereocenters. The minimum atomic E-state index is 0.211. The van der Waals surface area contributed by atoms with Crippen LogP contribution in [0.2, 0.25) is 0 Å². The molecule has 134 valence electrons. The molecule has 0 spiro atoms. The first-order valence-corrected chi connectivity index (χ1v) is 9.21. The summed E-state index contributed by atoms with van der Waals surface area (Å²) in [5.41, 5.74) is 4.58. The number of hydrogen-bond acceptors (Lipinski definition) is 3. The van der Waals surface area contributed by atoms with Crippen molar-refractivity contribution in [1.82, 2.24) is 14.9 Å². The van der Waals surface area contributed by atoms with Gasteiger partial charge in [-0.3, -0.25) is 9.78 Å². The van der Waals surface area contributed by atoms with Crippen molar-refractivity contribution in [3.05, 3.63) is 60.0 Å². The maximum absolute atomic E-state index is 12.9. The van der Waals surface area contributed by atoms with Crippen LogP contribution in [0, 0.1) is 6.92 Å². The average Bonchev–Trinajstić information content (AvgIpc) is 2.90. The number of para-hydroxylation sites is 1. The lowest BCUT2D eigenvalue weighted by Gasteiger charge is -2.25. The highest BCUT2D eigenvalue weighted by Gasteiger charge is 2.21. The Bertz CT molecular complexity index is 917. The van der Waals surface area contributed by atoms with E-state index in [9.17, 15) is 4.79 Å². The third-order valence-corrected chi connectivity index (χ3v) is 5.20. The number of aromatic nitrogens is 2. The van der Waals surface area contributed by atoms with E-state index in [0.29, 0.717) is 6.42 Å². The van der Waals surface area contributed by atoms with Crippen LogP contribution < -0.4 is 4.90 Å². The van der Waals surface area contributed by atoms with Crippen molar-refractivity contribution in [2.75, 3.05) is 31.1 Å². The fourth-order valence-corrected chi connectivity index (χ4v) is 3.78. The van der Waals surface area contributed by atoms with Crippen molar-refractivity contribution < 1.29 is 4.79 Å². The molecular formula is C21H24N4O.